The Balaban J connectivity index is 2.46. The highest BCUT2D eigenvalue weighted by atomic mass is 16.5. The van der Waals surface area contributed by atoms with E-state index in [1.54, 1.807) is 0 Å². The molecule has 2 heteroatoms. The number of rotatable bonds is 5. The van der Waals surface area contributed by atoms with Gasteiger partial charge in [-0.2, -0.15) is 0 Å². The van der Waals surface area contributed by atoms with Crippen molar-refractivity contribution < 1.29 is 9.53 Å². The maximum atomic E-state index is 11.6. The van der Waals surface area contributed by atoms with E-state index in [1.165, 1.54) is 5.56 Å². The van der Waals surface area contributed by atoms with Gasteiger partial charge in [-0.15, -0.1) is 0 Å². The molecule has 0 spiro atoms. The lowest BCUT2D eigenvalue weighted by Crippen LogP contribution is -2.15. The molecule has 0 unspecified atom stereocenters. The average Bonchev–Trinajstić information content (AvgIpc) is 2.29. The lowest BCUT2D eigenvalue weighted by Gasteiger charge is -2.14. The molecule has 0 aliphatic carbocycles. The average molecular weight is 220 g/mol. The summed E-state index contributed by atoms with van der Waals surface area (Å²) in [5, 5.41) is 0. The van der Waals surface area contributed by atoms with Crippen LogP contribution < -0.4 is 0 Å². The van der Waals surface area contributed by atoms with E-state index in [9.17, 15) is 4.79 Å². The van der Waals surface area contributed by atoms with E-state index in [0.717, 1.165) is 6.42 Å². The lowest BCUT2D eigenvalue weighted by molar-refractivity contribution is -0.148. The summed E-state index contributed by atoms with van der Waals surface area (Å²) in [5.41, 5.74) is 1.18. The van der Waals surface area contributed by atoms with Crippen molar-refractivity contribution in [3.05, 3.63) is 35.9 Å². The Morgan fingerprint density at radius 3 is 2.44 bits per heavy atom. The van der Waals surface area contributed by atoms with Crippen LogP contribution in [0.15, 0.2) is 30.3 Å². The summed E-state index contributed by atoms with van der Waals surface area (Å²) >= 11 is 0. The minimum absolute atomic E-state index is 0.0236. The van der Waals surface area contributed by atoms with E-state index in [1.807, 2.05) is 51.1 Å². The highest BCUT2D eigenvalue weighted by Gasteiger charge is 2.13. The highest BCUT2D eigenvalue weighted by molar-refractivity contribution is 5.70. The number of esters is 1. The van der Waals surface area contributed by atoms with Crippen LogP contribution in [-0.2, 0) is 9.53 Å². The van der Waals surface area contributed by atoms with Gasteiger partial charge in [0.15, 0.2) is 0 Å². The van der Waals surface area contributed by atoms with Gasteiger partial charge in [-0.05, 0) is 24.8 Å². The zero-order chi connectivity index (χ0) is 12.0. The minimum atomic E-state index is -0.106. The number of carbonyl (C=O) groups excluding carboxylic acids is 1. The topological polar surface area (TPSA) is 26.3 Å². The van der Waals surface area contributed by atoms with Gasteiger partial charge in [0.1, 0.15) is 0 Å². The number of ether oxygens (including phenoxy) is 1. The molecule has 0 heterocycles. The van der Waals surface area contributed by atoms with Crippen molar-refractivity contribution in [3.8, 4) is 0 Å². The molecule has 0 aliphatic heterocycles. The van der Waals surface area contributed by atoms with Crippen molar-refractivity contribution in [1.82, 2.24) is 0 Å². The molecule has 0 bridgehead atoms. The van der Waals surface area contributed by atoms with Gasteiger partial charge in [0.2, 0.25) is 0 Å². The molecule has 0 saturated carbocycles. The number of hydrogen-bond acceptors (Lipinski definition) is 2. The lowest BCUT2D eigenvalue weighted by atomic mass is 9.98. The molecule has 1 aromatic carbocycles. The summed E-state index contributed by atoms with van der Waals surface area (Å²) in [4.78, 5) is 11.6. The first-order valence-corrected chi connectivity index (χ1v) is 5.88. The second kappa shape index (κ2) is 6.31. The quantitative estimate of drug-likeness (QED) is 0.710. The number of hydrogen-bond donors (Lipinski definition) is 0. The Kier molecular flexibility index (Phi) is 5.03. The summed E-state index contributed by atoms with van der Waals surface area (Å²) in [6.45, 7) is 5.98. The fourth-order valence-electron chi connectivity index (χ4n) is 1.51. The van der Waals surface area contributed by atoms with Gasteiger partial charge in [-0.25, -0.2) is 0 Å². The van der Waals surface area contributed by atoms with E-state index in [-0.39, 0.29) is 18.0 Å². The molecule has 1 aromatic rings. The van der Waals surface area contributed by atoms with Crippen LogP contribution in [-0.4, -0.2) is 12.1 Å². The van der Waals surface area contributed by atoms with Crippen LogP contribution in [0.5, 0.6) is 0 Å². The van der Waals surface area contributed by atoms with Crippen LogP contribution in [0.4, 0.5) is 0 Å². The Morgan fingerprint density at radius 1 is 1.25 bits per heavy atom. The first kappa shape index (κ1) is 12.8. The zero-order valence-corrected chi connectivity index (χ0v) is 10.3. The third-order valence-corrected chi connectivity index (χ3v) is 2.75. The van der Waals surface area contributed by atoms with Crippen molar-refractivity contribution >= 4 is 5.97 Å². The van der Waals surface area contributed by atoms with Crippen molar-refractivity contribution in [1.29, 1.82) is 0 Å². The Hall–Kier alpha value is -1.31. The molecule has 0 aromatic heterocycles. The van der Waals surface area contributed by atoms with Gasteiger partial charge >= 0.3 is 5.97 Å². The Morgan fingerprint density at radius 2 is 1.88 bits per heavy atom. The van der Waals surface area contributed by atoms with Crippen LogP contribution in [0.1, 0.15) is 45.1 Å². The van der Waals surface area contributed by atoms with Crippen LogP contribution >= 0.6 is 0 Å². The van der Waals surface area contributed by atoms with Crippen molar-refractivity contribution in [2.75, 3.05) is 0 Å². The van der Waals surface area contributed by atoms with Crippen molar-refractivity contribution in [2.45, 2.75) is 45.6 Å². The molecule has 1 rings (SSSR count). The molecule has 88 valence electrons. The summed E-state index contributed by atoms with van der Waals surface area (Å²) < 4.78 is 5.25. The second-order valence-corrected chi connectivity index (χ2v) is 4.22. The SMILES string of the molecule is CC[C@H](C)OC(=O)C[C@H](C)c1ccccc1. The molecular formula is C14H20O2. The Labute approximate surface area is 97.6 Å². The van der Waals surface area contributed by atoms with Crippen LogP contribution in [0, 0.1) is 0 Å². The third-order valence-electron chi connectivity index (χ3n) is 2.75. The first-order valence-electron chi connectivity index (χ1n) is 5.88. The van der Waals surface area contributed by atoms with Gasteiger partial charge in [0.25, 0.3) is 0 Å². The molecule has 0 aliphatic rings. The van der Waals surface area contributed by atoms with Crippen molar-refractivity contribution in [3.63, 3.8) is 0 Å². The summed E-state index contributed by atoms with van der Waals surface area (Å²) in [6.07, 6.45) is 1.34. The number of carbonyl (C=O) groups is 1. The normalized spacial score (nSPS) is 14.2. The van der Waals surface area contributed by atoms with E-state index in [4.69, 9.17) is 4.74 Å². The molecule has 2 atom stereocenters. The van der Waals surface area contributed by atoms with Gasteiger partial charge < -0.3 is 4.74 Å². The molecule has 2 nitrogen and oxygen atoms in total. The molecule has 0 saturated heterocycles. The van der Waals surface area contributed by atoms with E-state index >= 15 is 0 Å². The minimum Gasteiger partial charge on any atom is -0.463 e. The van der Waals surface area contributed by atoms with Gasteiger partial charge in [-0.3, -0.25) is 4.79 Å². The molecule has 16 heavy (non-hydrogen) atoms. The van der Waals surface area contributed by atoms with E-state index in [0.29, 0.717) is 6.42 Å². The second-order valence-electron chi connectivity index (χ2n) is 4.22. The number of benzene rings is 1. The maximum Gasteiger partial charge on any atom is 0.306 e. The van der Waals surface area contributed by atoms with Crippen molar-refractivity contribution in [2.24, 2.45) is 0 Å². The standard InChI is InChI=1S/C14H20O2/c1-4-12(3)16-14(15)10-11(2)13-8-6-5-7-9-13/h5-9,11-12H,4,10H2,1-3H3/t11-,12-/m0/s1. The predicted octanol–water partition coefficient (Wildman–Crippen LogP) is 3.52. The molecular weight excluding hydrogens is 200 g/mol. The van der Waals surface area contributed by atoms with Crippen LogP contribution in [0.25, 0.3) is 0 Å². The third kappa shape index (κ3) is 4.05. The first-order chi connectivity index (χ1) is 7.63. The van der Waals surface area contributed by atoms with Gasteiger partial charge in [0.05, 0.1) is 12.5 Å². The summed E-state index contributed by atoms with van der Waals surface area (Å²) in [5.74, 6) is 0.114. The molecule has 0 fully saturated rings. The monoisotopic (exact) mass is 220 g/mol. The Bertz CT molecular complexity index is 319. The maximum absolute atomic E-state index is 11.6. The largest absolute Gasteiger partial charge is 0.463 e. The van der Waals surface area contributed by atoms with E-state index < -0.39 is 0 Å². The van der Waals surface area contributed by atoms with E-state index in [2.05, 4.69) is 0 Å². The molecule has 0 radical (unpaired) electrons. The zero-order valence-electron chi connectivity index (χ0n) is 10.3. The summed E-state index contributed by atoms with van der Waals surface area (Å²) in [6, 6.07) is 10.0. The molecule has 0 amide bonds. The fraction of sp³-hybridized carbons (Fsp3) is 0.500. The fourth-order valence-corrected chi connectivity index (χ4v) is 1.51. The molecule has 0 N–H and O–H groups in total. The summed E-state index contributed by atoms with van der Waals surface area (Å²) in [7, 11) is 0. The van der Waals surface area contributed by atoms with Gasteiger partial charge in [0, 0.05) is 0 Å². The van der Waals surface area contributed by atoms with Crippen LogP contribution in [0.3, 0.4) is 0 Å². The predicted molar refractivity (Wildman–Crippen MR) is 65.3 cm³/mol. The highest BCUT2D eigenvalue weighted by Crippen LogP contribution is 2.19. The van der Waals surface area contributed by atoms with Crippen LogP contribution in [0.2, 0.25) is 0 Å². The smallest absolute Gasteiger partial charge is 0.306 e. The van der Waals surface area contributed by atoms with Gasteiger partial charge in [-0.1, -0.05) is 44.2 Å².